The van der Waals surface area contributed by atoms with Crippen molar-refractivity contribution in [2.45, 2.75) is 13.0 Å². The van der Waals surface area contributed by atoms with E-state index in [4.69, 9.17) is 10.6 Å². The Bertz CT molecular complexity index is 330. The average molecular weight is 259 g/mol. The number of rotatable bonds is 3. The van der Waals surface area contributed by atoms with Crippen molar-refractivity contribution in [1.82, 2.24) is 5.43 Å². The molecule has 1 rings (SSSR count). The lowest BCUT2D eigenvalue weighted by atomic mass is 10.3. The molecule has 76 valence electrons. The fraction of sp³-hybridized carbons (Fsp3) is 0.222. The van der Waals surface area contributed by atoms with Crippen LogP contribution in [-0.2, 0) is 4.79 Å². The number of carbonyl (C=O) groups is 1. The number of nitrogens with two attached hydrogens (primary N) is 1. The second-order valence-electron chi connectivity index (χ2n) is 2.73. The van der Waals surface area contributed by atoms with Crippen molar-refractivity contribution in [3.05, 3.63) is 28.7 Å². The zero-order chi connectivity index (χ0) is 10.6. The lowest BCUT2D eigenvalue weighted by Crippen LogP contribution is -2.40. The fourth-order valence-electron chi connectivity index (χ4n) is 0.915. The maximum absolute atomic E-state index is 11.0. The number of hydrogen-bond donors (Lipinski definition) is 2. The molecule has 0 aromatic heterocycles. The van der Waals surface area contributed by atoms with Crippen LogP contribution in [0.4, 0.5) is 0 Å². The molecule has 1 amide bonds. The Morgan fingerprint density at radius 2 is 2.36 bits per heavy atom. The Labute approximate surface area is 90.5 Å². The highest BCUT2D eigenvalue weighted by molar-refractivity contribution is 9.10. The molecule has 1 atom stereocenters. The van der Waals surface area contributed by atoms with Crippen molar-refractivity contribution in [2.75, 3.05) is 0 Å². The smallest absolute Gasteiger partial charge is 0.274 e. The minimum Gasteiger partial charge on any atom is -0.481 e. The van der Waals surface area contributed by atoms with Crippen LogP contribution in [0, 0.1) is 0 Å². The van der Waals surface area contributed by atoms with Crippen LogP contribution in [0.25, 0.3) is 0 Å². The Balaban J connectivity index is 2.64. The Morgan fingerprint density at radius 1 is 1.64 bits per heavy atom. The van der Waals surface area contributed by atoms with Gasteiger partial charge in [-0.25, -0.2) is 5.84 Å². The van der Waals surface area contributed by atoms with E-state index >= 15 is 0 Å². The number of amides is 1. The zero-order valence-corrected chi connectivity index (χ0v) is 9.24. The molecule has 1 aromatic carbocycles. The third-order valence-corrected chi connectivity index (χ3v) is 2.11. The lowest BCUT2D eigenvalue weighted by Gasteiger charge is -2.12. The third kappa shape index (κ3) is 3.01. The van der Waals surface area contributed by atoms with E-state index in [9.17, 15) is 4.79 Å². The standard InChI is InChI=1S/C9H11BrN2O2/c1-6(9(13)12-11)14-8-4-2-3-7(10)5-8/h2-6H,11H2,1H3,(H,12,13)/t6-/m1/s1. The van der Waals surface area contributed by atoms with Crippen molar-refractivity contribution >= 4 is 21.8 Å². The molecule has 0 heterocycles. The molecular weight excluding hydrogens is 248 g/mol. The number of nitrogens with one attached hydrogen (secondary N) is 1. The Kier molecular flexibility index (Phi) is 3.91. The van der Waals surface area contributed by atoms with Crippen molar-refractivity contribution in [3.8, 4) is 5.75 Å². The fourth-order valence-corrected chi connectivity index (χ4v) is 1.29. The van der Waals surface area contributed by atoms with Crippen LogP contribution in [0.3, 0.4) is 0 Å². The van der Waals surface area contributed by atoms with E-state index < -0.39 is 6.10 Å². The molecule has 0 aliphatic rings. The summed E-state index contributed by atoms with van der Waals surface area (Å²) in [6.45, 7) is 1.63. The molecule has 0 fully saturated rings. The van der Waals surface area contributed by atoms with Gasteiger partial charge in [-0.15, -0.1) is 0 Å². The third-order valence-electron chi connectivity index (χ3n) is 1.62. The van der Waals surface area contributed by atoms with Gasteiger partial charge in [0.05, 0.1) is 0 Å². The molecule has 0 saturated heterocycles. The van der Waals surface area contributed by atoms with Crippen LogP contribution in [0.15, 0.2) is 28.7 Å². The molecule has 14 heavy (non-hydrogen) atoms. The second kappa shape index (κ2) is 4.97. The summed E-state index contributed by atoms with van der Waals surface area (Å²) in [5.74, 6) is 5.23. The van der Waals surface area contributed by atoms with Gasteiger partial charge in [-0.2, -0.15) is 0 Å². The van der Waals surface area contributed by atoms with Gasteiger partial charge in [0.2, 0.25) is 0 Å². The molecule has 0 bridgehead atoms. The summed E-state index contributed by atoms with van der Waals surface area (Å²) in [7, 11) is 0. The quantitative estimate of drug-likeness (QED) is 0.487. The molecule has 0 saturated carbocycles. The van der Waals surface area contributed by atoms with E-state index in [2.05, 4.69) is 15.9 Å². The van der Waals surface area contributed by atoms with Crippen LogP contribution < -0.4 is 16.0 Å². The molecule has 0 aliphatic carbocycles. The van der Waals surface area contributed by atoms with Crippen LogP contribution in [-0.4, -0.2) is 12.0 Å². The van der Waals surface area contributed by atoms with Crippen LogP contribution in [0.2, 0.25) is 0 Å². The monoisotopic (exact) mass is 258 g/mol. The van der Waals surface area contributed by atoms with E-state index in [0.29, 0.717) is 5.75 Å². The van der Waals surface area contributed by atoms with Gasteiger partial charge in [-0.3, -0.25) is 10.2 Å². The van der Waals surface area contributed by atoms with Gasteiger partial charge in [0.1, 0.15) is 5.75 Å². The highest BCUT2D eigenvalue weighted by Crippen LogP contribution is 2.18. The molecule has 0 radical (unpaired) electrons. The average Bonchev–Trinajstić information content (AvgIpc) is 2.16. The van der Waals surface area contributed by atoms with E-state index in [-0.39, 0.29) is 5.91 Å². The molecule has 0 aliphatic heterocycles. The number of carbonyl (C=O) groups excluding carboxylic acids is 1. The summed E-state index contributed by atoms with van der Waals surface area (Å²) < 4.78 is 6.22. The Hall–Kier alpha value is -1.07. The molecule has 4 nitrogen and oxygen atoms in total. The summed E-state index contributed by atoms with van der Waals surface area (Å²) in [4.78, 5) is 11.0. The summed E-state index contributed by atoms with van der Waals surface area (Å²) >= 11 is 3.30. The normalized spacial score (nSPS) is 11.9. The first-order valence-electron chi connectivity index (χ1n) is 4.06. The van der Waals surface area contributed by atoms with E-state index in [0.717, 1.165) is 4.47 Å². The minimum atomic E-state index is -0.603. The molecular formula is C9H11BrN2O2. The van der Waals surface area contributed by atoms with Crippen LogP contribution in [0.5, 0.6) is 5.75 Å². The van der Waals surface area contributed by atoms with Gasteiger partial charge in [-0.05, 0) is 25.1 Å². The summed E-state index contributed by atoms with van der Waals surface area (Å²) in [5.41, 5.74) is 2.02. The number of hydrazine groups is 1. The van der Waals surface area contributed by atoms with E-state index in [1.807, 2.05) is 17.6 Å². The first kappa shape index (κ1) is 11.0. The van der Waals surface area contributed by atoms with Crippen molar-refractivity contribution in [3.63, 3.8) is 0 Å². The lowest BCUT2D eigenvalue weighted by molar-refractivity contribution is -0.127. The van der Waals surface area contributed by atoms with Gasteiger partial charge in [-0.1, -0.05) is 22.0 Å². The zero-order valence-electron chi connectivity index (χ0n) is 7.66. The summed E-state index contributed by atoms with van der Waals surface area (Å²) in [5, 5.41) is 0. The second-order valence-corrected chi connectivity index (χ2v) is 3.64. The molecule has 5 heteroatoms. The van der Waals surface area contributed by atoms with Gasteiger partial charge in [0.25, 0.3) is 5.91 Å². The number of ether oxygens (including phenoxy) is 1. The summed E-state index contributed by atoms with van der Waals surface area (Å²) in [6, 6.07) is 7.25. The highest BCUT2D eigenvalue weighted by atomic mass is 79.9. The van der Waals surface area contributed by atoms with Gasteiger partial charge < -0.3 is 4.74 Å². The largest absolute Gasteiger partial charge is 0.481 e. The maximum atomic E-state index is 11.0. The molecule has 3 N–H and O–H groups in total. The van der Waals surface area contributed by atoms with Gasteiger partial charge in [0, 0.05) is 4.47 Å². The van der Waals surface area contributed by atoms with E-state index in [1.54, 1.807) is 19.1 Å². The van der Waals surface area contributed by atoms with E-state index in [1.165, 1.54) is 0 Å². The molecule has 0 unspecified atom stereocenters. The maximum Gasteiger partial charge on any atom is 0.274 e. The van der Waals surface area contributed by atoms with Crippen LogP contribution in [0.1, 0.15) is 6.92 Å². The SMILES string of the molecule is C[C@@H](Oc1cccc(Br)c1)C(=O)NN. The van der Waals surface area contributed by atoms with Gasteiger partial charge in [0.15, 0.2) is 6.10 Å². The predicted molar refractivity (Wildman–Crippen MR) is 56.6 cm³/mol. The van der Waals surface area contributed by atoms with Gasteiger partial charge >= 0.3 is 0 Å². The number of hydrogen-bond acceptors (Lipinski definition) is 3. The molecule has 1 aromatic rings. The van der Waals surface area contributed by atoms with Crippen molar-refractivity contribution in [1.29, 1.82) is 0 Å². The highest BCUT2D eigenvalue weighted by Gasteiger charge is 2.12. The number of benzene rings is 1. The molecule has 0 spiro atoms. The topological polar surface area (TPSA) is 64.3 Å². The van der Waals surface area contributed by atoms with Crippen molar-refractivity contribution < 1.29 is 9.53 Å². The first-order valence-corrected chi connectivity index (χ1v) is 4.85. The first-order chi connectivity index (χ1) is 6.63. The summed E-state index contributed by atoms with van der Waals surface area (Å²) in [6.07, 6.45) is -0.603. The number of halogens is 1. The Morgan fingerprint density at radius 3 is 2.93 bits per heavy atom. The van der Waals surface area contributed by atoms with Crippen molar-refractivity contribution in [2.24, 2.45) is 5.84 Å². The minimum absolute atomic E-state index is 0.357. The van der Waals surface area contributed by atoms with Crippen LogP contribution >= 0.6 is 15.9 Å². The predicted octanol–water partition coefficient (Wildman–Crippen LogP) is 1.21.